The first-order valence-electron chi connectivity index (χ1n) is 8.23. The summed E-state index contributed by atoms with van der Waals surface area (Å²) in [5.74, 6) is 2.73. The Morgan fingerprint density at radius 3 is 2.42 bits per heavy atom. The average molecular weight is 356 g/mol. The summed E-state index contributed by atoms with van der Waals surface area (Å²) >= 11 is 3.63. The van der Waals surface area contributed by atoms with E-state index in [2.05, 4.69) is 86.9 Å². The summed E-state index contributed by atoms with van der Waals surface area (Å²) in [6.07, 6.45) is 2.14. The molecule has 0 atom stereocenters. The normalized spacial score (nSPS) is 12.2. The molecule has 2 aromatic rings. The van der Waals surface area contributed by atoms with Crippen LogP contribution < -0.4 is 0 Å². The fourth-order valence-corrected chi connectivity index (χ4v) is 3.57. The van der Waals surface area contributed by atoms with Gasteiger partial charge in [-0.15, -0.1) is 23.5 Å². The van der Waals surface area contributed by atoms with Gasteiger partial charge in [-0.25, -0.2) is 4.99 Å². The van der Waals surface area contributed by atoms with Crippen LogP contribution in [0.2, 0.25) is 0 Å². The lowest BCUT2D eigenvalue weighted by Crippen LogP contribution is -1.95. The molecule has 24 heavy (non-hydrogen) atoms. The fraction of sp³-hybridized carbons (Fsp3) is 0.286. The molecule has 0 aromatic heterocycles. The molecule has 0 spiro atoms. The lowest BCUT2D eigenvalue weighted by molar-refractivity contribution is 0.752. The SMILES string of the molecule is Cc1ccc(N=C(C=CSCc2ccccc2)SCC(C)C)cc1. The Hall–Kier alpha value is -1.45. The van der Waals surface area contributed by atoms with Crippen molar-refractivity contribution < 1.29 is 0 Å². The van der Waals surface area contributed by atoms with Crippen LogP contribution in [0.5, 0.6) is 0 Å². The molecule has 0 fully saturated rings. The minimum Gasteiger partial charge on any atom is -0.242 e. The van der Waals surface area contributed by atoms with Crippen LogP contribution in [0.25, 0.3) is 0 Å². The largest absolute Gasteiger partial charge is 0.242 e. The van der Waals surface area contributed by atoms with Crippen molar-refractivity contribution in [3.63, 3.8) is 0 Å². The molecule has 0 aliphatic rings. The topological polar surface area (TPSA) is 12.4 Å². The van der Waals surface area contributed by atoms with Crippen LogP contribution in [-0.2, 0) is 5.75 Å². The summed E-state index contributed by atoms with van der Waals surface area (Å²) in [5.41, 5.74) is 3.63. The monoisotopic (exact) mass is 355 g/mol. The Labute approximate surface area is 154 Å². The Balaban J connectivity index is 1.99. The number of nitrogens with zero attached hydrogens (tertiary/aromatic N) is 1. The van der Waals surface area contributed by atoms with E-state index in [0.29, 0.717) is 5.92 Å². The Morgan fingerprint density at radius 1 is 1.04 bits per heavy atom. The molecule has 0 aliphatic carbocycles. The van der Waals surface area contributed by atoms with E-state index in [4.69, 9.17) is 4.99 Å². The second kappa shape index (κ2) is 10.4. The van der Waals surface area contributed by atoms with Crippen LogP contribution in [0.15, 0.2) is 71.1 Å². The third-order valence-electron chi connectivity index (χ3n) is 3.24. The van der Waals surface area contributed by atoms with E-state index in [1.165, 1.54) is 11.1 Å². The van der Waals surface area contributed by atoms with Gasteiger partial charge in [0.15, 0.2) is 0 Å². The van der Waals surface area contributed by atoms with Crippen LogP contribution in [-0.4, -0.2) is 10.8 Å². The molecule has 0 saturated heterocycles. The van der Waals surface area contributed by atoms with Gasteiger partial charge >= 0.3 is 0 Å². The lowest BCUT2D eigenvalue weighted by Gasteiger charge is -2.05. The summed E-state index contributed by atoms with van der Waals surface area (Å²) in [6.45, 7) is 6.58. The molecular formula is C21H25NS2. The molecule has 0 amide bonds. The molecule has 0 aliphatic heterocycles. The predicted molar refractivity (Wildman–Crippen MR) is 112 cm³/mol. The number of hydrogen-bond acceptors (Lipinski definition) is 3. The maximum absolute atomic E-state index is 4.80. The molecular weight excluding hydrogens is 330 g/mol. The zero-order valence-corrected chi connectivity index (χ0v) is 16.2. The number of aliphatic imine (C=N–C) groups is 1. The first kappa shape index (κ1) is 18.9. The minimum atomic E-state index is 0.656. The highest BCUT2D eigenvalue weighted by atomic mass is 32.2. The van der Waals surface area contributed by atoms with Gasteiger partial charge in [0.25, 0.3) is 0 Å². The molecule has 2 aromatic carbocycles. The number of rotatable bonds is 7. The zero-order chi connectivity index (χ0) is 17.2. The van der Waals surface area contributed by atoms with Crippen LogP contribution in [0.3, 0.4) is 0 Å². The van der Waals surface area contributed by atoms with Crippen LogP contribution >= 0.6 is 23.5 Å². The standard InChI is InChI=1S/C21H25NS2/c1-17(2)15-24-21(22-20-11-9-18(3)10-12-20)13-14-23-16-19-7-5-4-6-8-19/h4-14,17H,15-16H2,1-3H3. The summed E-state index contributed by atoms with van der Waals surface area (Å²) < 4.78 is 0. The second-order valence-corrected chi connectivity index (χ2v) is 8.02. The zero-order valence-electron chi connectivity index (χ0n) is 14.6. The molecule has 1 nitrogen and oxygen atoms in total. The van der Waals surface area contributed by atoms with Gasteiger partial charge < -0.3 is 0 Å². The minimum absolute atomic E-state index is 0.656. The Kier molecular flexibility index (Phi) is 8.20. The molecule has 0 unspecified atom stereocenters. The van der Waals surface area contributed by atoms with E-state index in [1.807, 2.05) is 23.5 Å². The number of thioether (sulfide) groups is 2. The molecule has 0 saturated carbocycles. The summed E-state index contributed by atoms with van der Waals surface area (Å²) in [7, 11) is 0. The molecule has 2 rings (SSSR count). The van der Waals surface area contributed by atoms with Crippen molar-refractivity contribution in [2.75, 3.05) is 5.75 Å². The van der Waals surface area contributed by atoms with Gasteiger partial charge in [-0.3, -0.25) is 0 Å². The lowest BCUT2D eigenvalue weighted by atomic mass is 10.2. The van der Waals surface area contributed by atoms with Crippen LogP contribution in [0.4, 0.5) is 5.69 Å². The Bertz CT molecular complexity index is 658. The van der Waals surface area contributed by atoms with Crippen molar-refractivity contribution in [2.45, 2.75) is 26.5 Å². The predicted octanol–water partition coefficient (Wildman–Crippen LogP) is 6.86. The Morgan fingerprint density at radius 2 is 1.75 bits per heavy atom. The summed E-state index contributed by atoms with van der Waals surface area (Å²) in [6, 6.07) is 18.9. The molecule has 3 heteroatoms. The van der Waals surface area contributed by atoms with E-state index >= 15 is 0 Å². The quantitative estimate of drug-likeness (QED) is 0.397. The van der Waals surface area contributed by atoms with Gasteiger partial charge in [0.05, 0.1) is 10.7 Å². The van der Waals surface area contributed by atoms with Crippen molar-refractivity contribution in [3.05, 3.63) is 77.2 Å². The van der Waals surface area contributed by atoms with E-state index in [0.717, 1.165) is 22.2 Å². The van der Waals surface area contributed by atoms with Gasteiger partial charge in [-0.2, -0.15) is 0 Å². The molecule has 0 heterocycles. The average Bonchev–Trinajstić information content (AvgIpc) is 2.59. The maximum atomic E-state index is 4.80. The summed E-state index contributed by atoms with van der Waals surface area (Å²) in [5, 5.41) is 3.24. The van der Waals surface area contributed by atoms with Crippen LogP contribution in [0, 0.1) is 12.8 Å². The number of benzene rings is 2. The molecule has 0 radical (unpaired) electrons. The van der Waals surface area contributed by atoms with Gasteiger partial charge in [-0.1, -0.05) is 61.9 Å². The molecule has 0 N–H and O–H groups in total. The third-order valence-corrected chi connectivity index (χ3v) is 5.42. The first-order chi connectivity index (χ1) is 11.6. The van der Waals surface area contributed by atoms with Gasteiger partial charge in [0.2, 0.25) is 0 Å². The van der Waals surface area contributed by atoms with Crippen molar-refractivity contribution in [2.24, 2.45) is 10.9 Å². The number of hydrogen-bond donors (Lipinski definition) is 0. The highest BCUT2D eigenvalue weighted by molar-refractivity contribution is 8.14. The van der Waals surface area contributed by atoms with Crippen molar-refractivity contribution in [3.8, 4) is 0 Å². The van der Waals surface area contributed by atoms with Crippen molar-refractivity contribution in [1.29, 1.82) is 0 Å². The van der Waals surface area contributed by atoms with Crippen LogP contribution in [0.1, 0.15) is 25.0 Å². The van der Waals surface area contributed by atoms with Crippen molar-refractivity contribution in [1.82, 2.24) is 0 Å². The first-order valence-corrected chi connectivity index (χ1v) is 10.3. The smallest absolute Gasteiger partial charge is 0.0972 e. The maximum Gasteiger partial charge on any atom is 0.0972 e. The van der Waals surface area contributed by atoms with Gasteiger partial charge in [0, 0.05) is 11.5 Å². The van der Waals surface area contributed by atoms with Crippen molar-refractivity contribution >= 4 is 34.3 Å². The molecule has 126 valence electrons. The van der Waals surface area contributed by atoms with Gasteiger partial charge in [-0.05, 0) is 42.0 Å². The number of aryl methyl sites for hydroxylation is 1. The highest BCUT2D eigenvalue weighted by Crippen LogP contribution is 2.20. The third kappa shape index (κ3) is 7.41. The van der Waals surface area contributed by atoms with E-state index in [-0.39, 0.29) is 0 Å². The second-order valence-electron chi connectivity index (χ2n) is 6.09. The highest BCUT2D eigenvalue weighted by Gasteiger charge is 2.01. The molecule has 0 bridgehead atoms. The van der Waals surface area contributed by atoms with Gasteiger partial charge in [0.1, 0.15) is 0 Å². The van der Waals surface area contributed by atoms with E-state index < -0.39 is 0 Å². The fourth-order valence-electron chi connectivity index (χ4n) is 1.94. The summed E-state index contributed by atoms with van der Waals surface area (Å²) in [4.78, 5) is 4.80. The van der Waals surface area contributed by atoms with E-state index in [1.54, 1.807) is 0 Å². The van der Waals surface area contributed by atoms with E-state index in [9.17, 15) is 0 Å².